The number of aromatic nitrogens is 3. The monoisotopic (exact) mass is 673 g/mol. The number of rotatable bonds is 11. The Morgan fingerprint density at radius 2 is 1.85 bits per heavy atom. The maximum Gasteiger partial charge on any atom is 0.490 e. The minimum atomic E-state index is -5.08. The number of nitrogens with two attached hydrogens (primary N) is 1. The van der Waals surface area contributed by atoms with Gasteiger partial charge in [0.2, 0.25) is 0 Å². The number of halogens is 4. The Hall–Kier alpha value is -5.00. The Labute approximate surface area is 271 Å². The minimum absolute atomic E-state index is 0.0417. The summed E-state index contributed by atoms with van der Waals surface area (Å²) < 4.78 is 40.4. The lowest BCUT2D eigenvalue weighted by Gasteiger charge is -2.26. The number of hydrogen-bond acceptors (Lipinski definition) is 8. The fourth-order valence-corrected chi connectivity index (χ4v) is 5.18. The molecule has 4 aromatic rings. The second kappa shape index (κ2) is 15.5. The van der Waals surface area contributed by atoms with Crippen LogP contribution in [0, 0.1) is 17.2 Å². The molecule has 0 spiro atoms. The van der Waals surface area contributed by atoms with Crippen molar-refractivity contribution in [3.05, 3.63) is 87.1 Å². The standard InChI is InChI=1S/C30H30ClN5O4.C2HF3O2/c1-18(5-4-9-32)30(27(38)12-20-8-10-36-26(11-20)25(16-34-36)19(2)37)35-17-28(40-3)24(14-29(35)39)23-13-22(31)7-6-21(23)15-33;3-2(4,5)1(6)7/h6-8,10-11,13-14,16-18,30H,4-5,9,12,32H2,1-3H3;(H,6,7). The summed E-state index contributed by atoms with van der Waals surface area (Å²) in [4.78, 5) is 48.4. The van der Waals surface area contributed by atoms with Crippen LogP contribution in [0.15, 0.2) is 59.8 Å². The molecule has 0 fully saturated rings. The van der Waals surface area contributed by atoms with Crippen molar-refractivity contribution in [2.75, 3.05) is 13.7 Å². The first-order valence-corrected chi connectivity index (χ1v) is 14.5. The van der Waals surface area contributed by atoms with Gasteiger partial charge in [-0.15, -0.1) is 0 Å². The summed E-state index contributed by atoms with van der Waals surface area (Å²) in [7, 11) is 1.46. The predicted octanol–water partition coefficient (Wildman–Crippen LogP) is 5.26. The van der Waals surface area contributed by atoms with Crippen molar-refractivity contribution in [3.8, 4) is 22.9 Å². The first-order valence-electron chi connectivity index (χ1n) is 14.1. The maximum atomic E-state index is 13.9. The Morgan fingerprint density at radius 1 is 1.17 bits per heavy atom. The molecule has 15 heteroatoms. The zero-order valence-electron chi connectivity index (χ0n) is 25.5. The van der Waals surface area contributed by atoms with Crippen molar-refractivity contribution in [1.82, 2.24) is 14.2 Å². The molecule has 4 rings (SSSR count). The number of carbonyl (C=O) groups is 3. The summed E-state index contributed by atoms with van der Waals surface area (Å²) in [5, 5.41) is 21.3. The zero-order valence-corrected chi connectivity index (χ0v) is 26.3. The molecule has 248 valence electrons. The lowest BCUT2D eigenvalue weighted by molar-refractivity contribution is -0.192. The van der Waals surface area contributed by atoms with Gasteiger partial charge in [-0.3, -0.25) is 14.4 Å². The lowest BCUT2D eigenvalue weighted by Crippen LogP contribution is -2.35. The quantitative estimate of drug-likeness (QED) is 0.202. The highest BCUT2D eigenvalue weighted by Crippen LogP contribution is 2.34. The fourth-order valence-electron chi connectivity index (χ4n) is 5.01. The van der Waals surface area contributed by atoms with E-state index in [1.165, 1.54) is 37.1 Å². The zero-order chi connectivity index (χ0) is 35.1. The molecule has 2 unspecified atom stereocenters. The van der Waals surface area contributed by atoms with Crippen LogP contribution in [0.3, 0.4) is 0 Å². The second-order valence-corrected chi connectivity index (χ2v) is 11.0. The van der Waals surface area contributed by atoms with Crippen LogP contribution in [0.2, 0.25) is 5.02 Å². The fraction of sp³-hybridized carbons (Fsp3) is 0.312. The van der Waals surface area contributed by atoms with Gasteiger partial charge in [0.25, 0.3) is 5.56 Å². The summed E-state index contributed by atoms with van der Waals surface area (Å²) in [6.45, 7) is 3.85. The van der Waals surface area contributed by atoms with Crippen LogP contribution in [0.25, 0.3) is 16.6 Å². The molecule has 3 heterocycles. The molecule has 47 heavy (non-hydrogen) atoms. The number of methoxy groups -OCH3 is 1. The summed E-state index contributed by atoms with van der Waals surface area (Å²) in [5.74, 6) is -2.93. The van der Waals surface area contributed by atoms with Crippen molar-refractivity contribution in [2.45, 2.75) is 45.3 Å². The van der Waals surface area contributed by atoms with Gasteiger partial charge in [0.1, 0.15) is 5.75 Å². The molecular weight excluding hydrogens is 643 g/mol. The van der Waals surface area contributed by atoms with Crippen LogP contribution in [0.5, 0.6) is 5.75 Å². The Balaban J connectivity index is 0.000000771. The van der Waals surface area contributed by atoms with Gasteiger partial charge < -0.3 is 20.1 Å². The molecule has 1 aromatic carbocycles. The van der Waals surface area contributed by atoms with E-state index in [9.17, 15) is 32.8 Å². The Bertz CT molecular complexity index is 1900. The average Bonchev–Trinajstić information content (AvgIpc) is 3.44. The molecule has 0 aliphatic heterocycles. The van der Waals surface area contributed by atoms with Crippen molar-refractivity contribution in [1.29, 1.82) is 5.26 Å². The van der Waals surface area contributed by atoms with E-state index in [4.69, 9.17) is 32.0 Å². The number of carboxylic acid groups (broad SMARTS) is 1. The van der Waals surface area contributed by atoms with Crippen molar-refractivity contribution in [3.63, 3.8) is 0 Å². The third-order valence-electron chi connectivity index (χ3n) is 7.27. The molecule has 11 nitrogen and oxygen atoms in total. The van der Waals surface area contributed by atoms with Gasteiger partial charge in [-0.25, -0.2) is 9.31 Å². The number of carbonyl (C=O) groups excluding carboxylic acids is 2. The van der Waals surface area contributed by atoms with Crippen LogP contribution in [-0.4, -0.2) is 56.7 Å². The summed E-state index contributed by atoms with van der Waals surface area (Å²) in [6.07, 6.45) is 1.01. The van der Waals surface area contributed by atoms with E-state index >= 15 is 0 Å². The van der Waals surface area contributed by atoms with Crippen molar-refractivity contribution in [2.24, 2.45) is 11.7 Å². The van der Waals surface area contributed by atoms with Gasteiger partial charge in [-0.05, 0) is 68.1 Å². The van der Waals surface area contributed by atoms with E-state index < -0.39 is 23.7 Å². The number of ketones is 2. The number of ether oxygens (including phenoxy) is 1. The highest BCUT2D eigenvalue weighted by molar-refractivity contribution is 6.31. The number of benzene rings is 1. The van der Waals surface area contributed by atoms with E-state index in [2.05, 4.69) is 11.2 Å². The molecule has 3 aromatic heterocycles. The highest BCUT2D eigenvalue weighted by atomic mass is 35.5. The van der Waals surface area contributed by atoms with E-state index in [0.29, 0.717) is 63.5 Å². The number of fused-ring (bicyclic) bond motifs is 1. The van der Waals surface area contributed by atoms with Crippen LogP contribution in [0.1, 0.15) is 54.2 Å². The molecular formula is C32H31ClF3N5O6. The Kier molecular flexibility index (Phi) is 12.0. The Morgan fingerprint density at radius 3 is 2.43 bits per heavy atom. The van der Waals surface area contributed by atoms with Crippen molar-refractivity contribution < 1.29 is 37.4 Å². The number of carboxylic acids is 1. The van der Waals surface area contributed by atoms with Gasteiger partial charge in [0.15, 0.2) is 11.6 Å². The van der Waals surface area contributed by atoms with E-state index in [0.717, 1.165) is 0 Å². The first-order chi connectivity index (χ1) is 22.1. The smallest absolute Gasteiger partial charge is 0.490 e. The van der Waals surface area contributed by atoms with E-state index in [-0.39, 0.29) is 23.9 Å². The van der Waals surface area contributed by atoms with Crippen LogP contribution in [0.4, 0.5) is 13.2 Å². The first kappa shape index (κ1) is 36.5. The van der Waals surface area contributed by atoms with Gasteiger partial charge in [0.05, 0.1) is 48.3 Å². The average molecular weight is 674 g/mol. The molecule has 0 aliphatic carbocycles. The molecule has 0 aliphatic rings. The highest BCUT2D eigenvalue weighted by Gasteiger charge is 2.38. The maximum absolute atomic E-state index is 13.9. The van der Waals surface area contributed by atoms with Crippen LogP contribution < -0.4 is 16.0 Å². The van der Waals surface area contributed by atoms with Crippen molar-refractivity contribution >= 4 is 34.7 Å². The number of nitrogens with zero attached hydrogens (tertiary/aromatic N) is 4. The second-order valence-electron chi connectivity index (χ2n) is 10.6. The predicted molar refractivity (Wildman–Crippen MR) is 167 cm³/mol. The normalized spacial score (nSPS) is 12.4. The molecule has 0 saturated carbocycles. The van der Waals surface area contributed by atoms with Crippen LogP contribution >= 0.6 is 11.6 Å². The van der Waals surface area contributed by atoms with Gasteiger partial charge in [0, 0.05) is 34.8 Å². The van der Waals surface area contributed by atoms with E-state index in [1.807, 2.05) is 6.92 Å². The molecule has 0 radical (unpaired) electrons. The van der Waals surface area contributed by atoms with Crippen LogP contribution in [-0.2, 0) is 16.0 Å². The van der Waals surface area contributed by atoms with Gasteiger partial charge in [-0.1, -0.05) is 18.5 Å². The molecule has 2 atom stereocenters. The lowest BCUT2D eigenvalue weighted by atomic mass is 9.90. The molecule has 0 bridgehead atoms. The number of aliphatic carboxylic acids is 1. The molecule has 0 amide bonds. The number of Topliss-reactive ketones (excluding diaryl/α,β-unsaturated/α-hetero) is 2. The van der Waals surface area contributed by atoms with Gasteiger partial charge in [-0.2, -0.15) is 23.5 Å². The SMILES string of the molecule is COc1cn(C(C(=O)Cc2ccn3ncc(C(C)=O)c3c2)C(C)CCCN)c(=O)cc1-c1cc(Cl)ccc1C#N.O=C(O)C(F)(F)F. The number of alkyl halides is 3. The largest absolute Gasteiger partial charge is 0.495 e. The summed E-state index contributed by atoms with van der Waals surface area (Å²) in [6, 6.07) is 11.0. The molecule has 0 saturated heterocycles. The number of hydrogen-bond donors (Lipinski definition) is 2. The number of nitriles is 1. The third kappa shape index (κ3) is 8.84. The minimum Gasteiger partial charge on any atom is -0.495 e. The topological polar surface area (TPSA) is 170 Å². The number of pyridine rings is 2. The third-order valence-corrected chi connectivity index (χ3v) is 7.51. The summed E-state index contributed by atoms with van der Waals surface area (Å²) in [5.41, 5.74) is 8.33. The van der Waals surface area contributed by atoms with E-state index in [1.54, 1.807) is 41.0 Å². The molecule has 3 N–H and O–H groups in total. The summed E-state index contributed by atoms with van der Waals surface area (Å²) >= 11 is 6.19. The van der Waals surface area contributed by atoms with Gasteiger partial charge >= 0.3 is 12.1 Å².